The van der Waals surface area contributed by atoms with Gasteiger partial charge in [-0.05, 0) is 49.2 Å². The number of halogens is 1. The molecule has 2 aromatic rings. The van der Waals surface area contributed by atoms with Crippen molar-refractivity contribution in [3.05, 3.63) is 64.7 Å². The fourth-order valence-electron chi connectivity index (χ4n) is 2.68. The number of amides is 1. The van der Waals surface area contributed by atoms with E-state index in [9.17, 15) is 4.79 Å². The van der Waals surface area contributed by atoms with Crippen molar-refractivity contribution < 1.29 is 9.53 Å². The summed E-state index contributed by atoms with van der Waals surface area (Å²) in [4.78, 5) is 12.2. The summed E-state index contributed by atoms with van der Waals surface area (Å²) in [6, 6.07) is 15.2. The minimum Gasteiger partial charge on any atom is -0.375 e. The topological polar surface area (TPSA) is 50.4 Å². The molecule has 1 amide bonds. The molecule has 0 aromatic heterocycles. The Bertz CT molecular complexity index is 695. The average Bonchev–Trinajstić information content (AvgIpc) is 2.59. The van der Waals surface area contributed by atoms with E-state index in [1.165, 1.54) is 5.56 Å². The van der Waals surface area contributed by atoms with Crippen LogP contribution in [0, 0.1) is 0 Å². The summed E-state index contributed by atoms with van der Waals surface area (Å²) < 4.78 is 5.81. The SMILES string of the molecule is C[C@H]1CO[C@@H](Cc2ccc(NC(=O)c3cccc(Cl)c3)cc2)CN1. The molecular formula is C19H21ClN2O2. The molecule has 2 aromatic carbocycles. The largest absolute Gasteiger partial charge is 0.375 e. The molecule has 3 rings (SSSR count). The first-order valence-electron chi connectivity index (χ1n) is 8.11. The third-order valence-corrected chi connectivity index (χ3v) is 4.27. The van der Waals surface area contributed by atoms with E-state index in [2.05, 4.69) is 17.6 Å². The summed E-state index contributed by atoms with van der Waals surface area (Å²) in [7, 11) is 0. The quantitative estimate of drug-likeness (QED) is 0.892. The monoisotopic (exact) mass is 344 g/mol. The van der Waals surface area contributed by atoms with E-state index >= 15 is 0 Å². The molecule has 24 heavy (non-hydrogen) atoms. The van der Waals surface area contributed by atoms with Crippen LogP contribution in [-0.2, 0) is 11.2 Å². The molecule has 2 N–H and O–H groups in total. The number of ether oxygens (including phenoxy) is 1. The fraction of sp³-hybridized carbons (Fsp3) is 0.316. The molecular weight excluding hydrogens is 324 g/mol. The highest BCUT2D eigenvalue weighted by Crippen LogP contribution is 2.16. The van der Waals surface area contributed by atoms with Crippen molar-refractivity contribution in [2.24, 2.45) is 0 Å². The first-order chi connectivity index (χ1) is 11.6. The minimum absolute atomic E-state index is 0.168. The van der Waals surface area contributed by atoms with Crippen LogP contribution in [0.15, 0.2) is 48.5 Å². The van der Waals surface area contributed by atoms with Crippen molar-refractivity contribution >= 4 is 23.2 Å². The number of benzene rings is 2. The zero-order valence-corrected chi connectivity index (χ0v) is 14.3. The van der Waals surface area contributed by atoms with Crippen LogP contribution in [-0.4, -0.2) is 31.2 Å². The van der Waals surface area contributed by atoms with Gasteiger partial charge in [0, 0.05) is 28.9 Å². The van der Waals surface area contributed by atoms with Gasteiger partial charge in [-0.2, -0.15) is 0 Å². The van der Waals surface area contributed by atoms with E-state index in [0.29, 0.717) is 16.6 Å². The molecule has 1 aliphatic heterocycles. The molecule has 1 saturated heterocycles. The van der Waals surface area contributed by atoms with Gasteiger partial charge in [-0.1, -0.05) is 29.8 Å². The van der Waals surface area contributed by atoms with Crippen molar-refractivity contribution in [3.8, 4) is 0 Å². The first kappa shape index (κ1) is 17.0. The lowest BCUT2D eigenvalue weighted by atomic mass is 10.1. The smallest absolute Gasteiger partial charge is 0.255 e. The fourth-order valence-corrected chi connectivity index (χ4v) is 2.87. The van der Waals surface area contributed by atoms with Gasteiger partial charge in [0.25, 0.3) is 5.91 Å². The van der Waals surface area contributed by atoms with Crippen LogP contribution in [0.25, 0.3) is 0 Å². The Morgan fingerprint density at radius 1 is 1.29 bits per heavy atom. The summed E-state index contributed by atoms with van der Waals surface area (Å²) in [5, 5.41) is 6.85. The average molecular weight is 345 g/mol. The Morgan fingerprint density at radius 2 is 2.08 bits per heavy atom. The molecule has 5 heteroatoms. The lowest BCUT2D eigenvalue weighted by Crippen LogP contribution is -2.45. The van der Waals surface area contributed by atoms with Crippen molar-refractivity contribution in [2.45, 2.75) is 25.5 Å². The van der Waals surface area contributed by atoms with Gasteiger partial charge in [-0.3, -0.25) is 4.79 Å². The van der Waals surface area contributed by atoms with Crippen LogP contribution >= 0.6 is 11.6 Å². The van der Waals surface area contributed by atoms with E-state index in [1.807, 2.05) is 24.3 Å². The summed E-state index contributed by atoms with van der Waals surface area (Å²) in [5.41, 5.74) is 2.50. The van der Waals surface area contributed by atoms with Crippen LogP contribution in [0.5, 0.6) is 0 Å². The maximum absolute atomic E-state index is 12.2. The lowest BCUT2D eigenvalue weighted by molar-refractivity contribution is 0.00882. The molecule has 0 radical (unpaired) electrons. The van der Waals surface area contributed by atoms with Gasteiger partial charge < -0.3 is 15.4 Å². The standard InChI is InChI=1S/C19H21ClN2O2/c1-13-12-24-18(11-21-13)9-14-5-7-17(8-6-14)22-19(23)15-3-2-4-16(20)10-15/h2-8,10,13,18,21H,9,11-12H2,1H3,(H,22,23)/t13-,18-/m0/s1. The zero-order chi connectivity index (χ0) is 16.9. The summed E-state index contributed by atoms with van der Waals surface area (Å²) in [5.74, 6) is -0.168. The molecule has 0 bridgehead atoms. The molecule has 0 spiro atoms. The van der Waals surface area contributed by atoms with Crippen LogP contribution < -0.4 is 10.6 Å². The predicted octanol–water partition coefficient (Wildman–Crippen LogP) is 3.51. The molecule has 0 aliphatic carbocycles. The third-order valence-electron chi connectivity index (χ3n) is 4.04. The van der Waals surface area contributed by atoms with Crippen molar-refractivity contribution in [1.82, 2.24) is 5.32 Å². The van der Waals surface area contributed by atoms with E-state index in [-0.39, 0.29) is 12.0 Å². The van der Waals surface area contributed by atoms with Crippen molar-refractivity contribution in [1.29, 1.82) is 0 Å². The highest BCUT2D eigenvalue weighted by atomic mass is 35.5. The molecule has 126 valence electrons. The number of hydrogen-bond donors (Lipinski definition) is 2. The Kier molecular flexibility index (Phi) is 5.51. The summed E-state index contributed by atoms with van der Waals surface area (Å²) in [6.07, 6.45) is 1.07. The Labute approximate surface area is 147 Å². The summed E-state index contributed by atoms with van der Waals surface area (Å²) in [6.45, 7) is 3.74. The maximum Gasteiger partial charge on any atom is 0.255 e. The maximum atomic E-state index is 12.2. The number of carbonyl (C=O) groups excluding carboxylic acids is 1. The first-order valence-corrected chi connectivity index (χ1v) is 8.49. The molecule has 0 saturated carbocycles. The minimum atomic E-state index is -0.168. The second-order valence-electron chi connectivity index (χ2n) is 6.13. The molecule has 1 heterocycles. The van der Waals surface area contributed by atoms with E-state index < -0.39 is 0 Å². The highest BCUT2D eigenvalue weighted by Gasteiger charge is 2.18. The second kappa shape index (κ2) is 7.79. The van der Waals surface area contributed by atoms with Crippen molar-refractivity contribution in [2.75, 3.05) is 18.5 Å². The summed E-state index contributed by atoms with van der Waals surface area (Å²) >= 11 is 5.92. The molecule has 4 nitrogen and oxygen atoms in total. The van der Waals surface area contributed by atoms with E-state index in [0.717, 1.165) is 25.3 Å². The molecule has 0 unspecified atom stereocenters. The van der Waals surface area contributed by atoms with E-state index in [1.54, 1.807) is 24.3 Å². The molecule has 1 aliphatic rings. The van der Waals surface area contributed by atoms with Gasteiger partial charge >= 0.3 is 0 Å². The second-order valence-corrected chi connectivity index (χ2v) is 6.57. The van der Waals surface area contributed by atoms with Gasteiger partial charge in [-0.25, -0.2) is 0 Å². The van der Waals surface area contributed by atoms with E-state index in [4.69, 9.17) is 16.3 Å². The molecule has 1 fully saturated rings. The van der Waals surface area contributed by atoms with Gasteiger partial charge in [0.15, 0.2) is 0 Å². The van der Waals surface area contributed by atoms with Gasteiger partial charge in [-0.15, -0.1) is 0 Å². The van der Waals surface area contributed by atoms with Gasteiger partial charge in [0.2, 0.25) is 0 Å². The third kappa shape index (κ3) is 4.57. The lowest BCUT2D eigenvalue weighted by Gasteiger charge is -2.28. The van der Waals surface area contributed by atoms with Crippen LogP contribution in [0.4, 0.5) is 5.69 Å². The number of carbonyl (C=O) groups is 1. The number of morpholine rings is 1. The number of rotatable bonds is 4. The van der Waals surface area contributed by atoms with Gasteiger partial charge in [0.1, 0.15) is 0 Å². The van der Waals surface area contributed by atoms with Crippen LogP contribution in [0.2, 0.25) is 5.02 Å². The number of anilines is 1. The Hall–Kier alpha value is -1.88. The predicted molar refractivity (Wildman–Crippen MR) is 96.8 cm³/mol. The number of nitrogens with one attached hydrogen (secondary N) is 2. The van der Waals surface area contributed by atoms with Crippen LogP contribution in [0.3, 0.4) is 0 Å². The van der Waals surface area contributed by atoms with Crippen molar-refractivity contribution in [3.63, 3.8) is 0 Å². The number of hydrogen-bond acceptors (Lipinski definition) is 3. The Morgan fingerprint density at radius 3 is 2.75 bits per heavy atom. The zero-order valence-electron chi connectivity index (χ0n) is 13.6. The van der Waals surface area contributed by atoms with Crippen LogP contribution in [0.1, 0.15) is 22.8 Å². The molecule has 2 atom stereocenters. The highest BCUT2D eigenvalue weighted by molar-refractivity contribution is 6.31. The normalized spacial score (nSPS) is 20.6. The Balaban J connectivity index is 1.57. The van der Waals surface area contributed by atoms with Gasteiger partial charge in [0.05, 0.1) is 12.7 Å².